The third-order valence-electron chi connectivity index (χ3n) is 2.40. The summed E-state index contributed by atoms with van der Waals surface area (Å²) >= 11 is 0. The maximum absolute atomic E-state index is 11.4. The van der Waals surface area contributed by atoms with Gasteiger partial charge in [-0.2, -0.15) is 0 Å². The summed E-state index contributed by atoms with van der Waals surface area (Å²) in [4.78, 5) is 22.5. The number of carboxylic acids is 1. The molecule has 0 saturated heterocycles. The van der Waals surface area contributed by atoms with E-state index in [1.165, 1.54) is 13.0 Å². The number of amides is 1. The fraction of sp³-hybridized carbons (Fsp3) is 0.636. The lowest BCUT2D eigenvalue weighted by molar-refractivity contribution is -0.148. The van der Waals surface area contributed by atoms with Gasteiger partial charge in [-0.05, 0) is 26.7 Å². The summed E-state index contributed by atoms with van der Waals surface area (Å²) in [6, 6.07) is 0. The van der Waals surface area contributed by atoms with Crippen LogP contribution in [0.15, 0.2) is 11.6 Å². The molecule has 0 aliphatic carbocycles. The highest BCUT2D eigenvalue weighted by atomic mass is 16.4. The van der Waals surface area contributed by atoms with Gasteiger partial charge in [-0.15, -0.1) is 0 Å². The quantitative estimate of drug-likeness (QED) is 0.696. The molecule has 0 aromatic rings. The average molecular weight is 213 g/mol. The number of rotatable bonds is 4. The van der Waals surface area contributed by atoms with E-state index in [1.807, 2.05) is 0 Å². The fourth-order valence-corrected chi connectivity index (χ4v) is 0.999. The van der Waals surface area contributed by atoms with Crippen LogP contribution < -0.4 is 5.32 Å². The van der Waals surface area contributed by atoms with Gasteiger partial charge in [-0.3, -0.25) is 4.79 Å². The molecule has 0 heterocycles. The van der Waals surface area contributed by atoms with Gasteiger partial charge in [0.05, 0.1) is 0 Å². The van der Waals surface area contributed by atoms with Gasteiger partial charge in [0, 0.05) is 6.08 Å². The minimum absolute atomic E-state index is 0.176. The first-order valence-corrected chi connectivity index (χ1v) is 4.90. The molecule has 0 rings (SSSR count). The van der Waals surface area contributed by atoms with Crippen molar-refractivity contribution in [2.24, 2.45) is 5.92 Å². The highest BCUT2D eigenvalue weighted by molar-refractivity contribution is 5.93. The molecule has 1 amide bonds. The summed E-state index contributed by atoms with van der Waals surface area (Å²) in [5, 5.41) is 11.6. The second kappa shape index (κ2) is 4.96. The summed E-state index contributed by atoms with van der Waals surface area (Å²) in [5.74, 6) is -1.56. The molecule has 1 unspecified atom stereocenters. The summed E-state index contributed by atoms with van der Waals surface area (Å²) in [6.07, 6.45) is 1.39. The Kier molecular flexibility index (Phi) is 4.52. The van der Waals surface area contributed by atoms with Crippen molar-refractivity contribution < 1.29 is 14.7 Å². The minimum Gasteiger partial charge on any atom is -0.480 e. The Morgan fingerprint density at radius 1 is 1.33 bits per heavy atom. The molecule has 15 heavy (non-hydrogen) atoms. The first kappa shape index (κ1) is 13.7. The van der Waals surface area contributed by atoms with Gasteiger partial charge < -0.3 is 10.4 Å². The van der Waals surface area contributed by atoms with Crippen LogP contribution >= 0.6 is 0 Å². The molecule has 4 heteroatoms. The number of allylic oxidation sites excluding steroid dienone is 1. The van der Waals surface area contributed by atoms with Crippen molar-refractivity contribution in [3.05, 3.63) is 11.6 Å². The van der Waals surface area contributed by atoms with Crippen molar-refractivity contribution in [3.8, 4) is 0 Å². The normalized spacial score (nSPS) is 14.3. The first-order valence-electron chi connectivity index (χ1n) is 4.90. The van der Waals surface area contributed by atoms with Crippen LogP contribution in [0.2, 0.25) is 0 Å². The predicted octanol–water partition coefficient (Wildman–Crippen LogP) is 1.57. The molecule has 0 radical (unpaired) electrons. The van der Waals surface area contributed by atoms with Gasteiger partial charge >= 0.3 is 5.97 Å². The van der Waals surface area contributed by atoms with Gasteiger partial charge in [-0.1, -0.05) is 19.4 Å². The van der Waals surface area contributed by atoms with Crippen LogP contribution in [0.1, 0.15) is 34.6 Å². The monoisotopic (exact) mass is 213 g/mol. The Labute approximate surface area is 90.4 Å². The Morgan fingerprint density at radius 3 is 2.07 bits per heavy atom. The Bertz CT molecular complexity index is 290. The smallest absolute Gasteiger partial charge is 0.329 e. The van der Waals surface area contributed by atoms with Gasteiger partial charge in [0.15, 0.2) is 0 Å². The van der Waals surface area contributed by atoms with Gasteiger partial charge in [0.2, 0.25) is 5.91 Å². The van der Waals surface area contributed by atoms with Gasteiger partial charge in [0.1, 0.15) is 5.54 Å². The molecule has 0 fully saturated rings. The van der Waals surface area contributed by atoms with E-state index in [1.54, 1.807) is 27.7 Å². The van der Waals surface area contributed by atoms with Crippen molar-refractivity contribution in [1.29, 1.82) is 0 Å². The van der Waals surface area contributed by atoms with Gasteiger partial charge in [0.25, 0.3) is 0 Å². The summed E-state index contributed by atoms with van der Waals surface area (Å²) in [6.45, 7) is 8.60. The highest BCUT2D eigenvalue weighted by Crippen LogP contribution is 2.16. The standard InChI is InChI=1S/C11H19NO3/c1-7(2)6-9(13)12-11(5,8(3)4)10(14)15/h6,8H,1-5H3,(H,12,13)(H,14,15). The number of hydrogen-bond donors (Lipinski definition) is 2. The molecule has 0 aromatic carbocycles. The number of nitrogens with one attached hydrogen (secondary N) is 1. The summed E-state index contributed by atoms with van der Waals surface area (Å²) < 4.78 is 0. The molecule has 86 valence electrons. The van der Waals surface area contributed by atoms with E-state index in [4.69, 9.17) is 5.11 Å². The molecular formula is C11H19NO3. The molecule has 0 aromatic heterocycles. The van der Waals surface area contributed by atoms with Crippen LogP contribution in [-0.4, -0.2) is 22.5 Å². The molecule has 0 aliphatic heterocycles. The second-order valence-corrected chi connectivity index (χ2v) is 4.37. The van der Waals surface area contributed by atoms with E-state index < -0.39 is 11.5 Å². The van der Waals surface area contributed by atoms with Crippen LogP contribution in [0.25, 0.3) is 0 Å². The molecule has 0 bridgehead atoms. The molecule has 0 aliphatic rings. The zero-order valence-electron chi connectivity index (χ0n) is 9.92. The third-order valence-corrected chi connectivity index (χ3v) is 2.40. The van der Waals surface area contributed by atoms with Crippen molar-refractivity contribution >= 4 is 11.9 Å². The molecule has 1 atom stereocenters. The SMILES string of the molecule is CC(C)=CC(=O)NC(C)(C(=O)O)C(C)C. The topological polar surface area (TPSA) is 66.4 Å². The molecule has 0 saturated carbocycles. The van der Waals surface area contributed by atoms with Crippen LogP contribution in [0.3, 0.4) is 0 Å². The van der Waals surface area contributed by atoms with Crippen molar-refractivity contribution in [3.63, 3.8) is 0 Å². The summed E-state index contributed by atoms with van der Waals surface area (Å²) in [7, 11) is 0. The number of aliphatic carboxylic acids is 1. The lowest BCUT2D eigenvalue weighted by atomic mass is 9.88. The summed E-state index contributed by atoms with van der Waals surface area (Å²) in [5.41, 5.74) is -0.382. The number of carbonyl (C=O) groups excluding carboxylic acids is 1. The molecule has 2 N–H and O–H groups in total. The lowest BCUT2D eigenvalue weighted by Crippen LogP contribution is -2.55. The highest BCUT2D eigenvalue weighted by Gasteiger charge is 2.37. The first-order chi connectivity index (χ1) is 6.70. The van der Waals surface area contributed by atoms with E-state index >= 15 is 0 Å². The minimum atomic E-state index is -1.22. The van der Waals surface area contributed by atoms with Crippen LogP contribution in [-0.2, 0) is 9.59 Å². The zero-order valence-corrected chi connectivity index (χ0v) is 9.92. The lowest BCUT2D eigenvalue weighted by Gasteiger charge is -2.29. The van der Waals surface area contributed by atoms with E-state index in [-0.39, 0.29) is 11.8 Å². The maximum Gasteiger partial charge on any atom is 0.329 e. The third kappa shape index (κ3) is 3.73. The molecule has 0 spiro atoms. The van der Waals surface area contributed by atoms with Crippen molar-refractivity contribution in [2.75, 3.05) is 0 Å². The van der Waals surface area contributed by atoms with Crippen LogP contribution in [0.4, 0.5) is 0 Å². The Balaban J connectivity index is 4.79. The number of carboxylic acid groups (broad SMARTS) is 1. The Hall–Kier alpha value is -1.32. The predicted molar refractivity (Wildman–Crippen MR) is 58.5 cm³/mol. The van der Waals surface area contributed by atoms with E-state index in [2.05, 4.69) is 5.32 Å². The van der Waals surface area contributed by atoms with Crippen molar-refractivity contribution in [1.82, 2.24) is 5.32 Å². The molecule has 4 nitrogen and oxygen atoms in total. The van der Waals surface area contributed by atoms with Crippen LogP contribution in [0, 0.1) is 5.92 Å². The van der Waals surface area contributed by atoms with E-state index in [0.717, 1.165) is 5.57 Å². The van der Waals surface area contributed by atoms with Crippen LogP contribution in [0.5, 0.6) is 0 Å². The molecular weight excluding hydrogens is 194 g/mol. The fourth-order valence-electron chi connectivity index (χ4n) is 0.999. The van der Waals surface area contributed by atoms with E-state index in [0.29, 0.717) is 0 Å². The number of carbonyl (C=O) groups is 2. The Morgan fingerprint density at radius 2 is 1.80 bits per heavy atom. The van der Waals surface area contributed by atoms with Crippen molar-refractivity contribution in [2.45, 2.75) is 40.2 Å². The number of hydrogen-bond acceptors (Lipinski definition) is 2. The second-order valence-electron chi connectivity index (χ2n) is 4.37. The average Bonchev–Trinajstić information content (AvgIpc) is 2.01. The largest absolute Gasteiger partial charge is 0.480 e. The van der Waals surface area contributed by atoms with Gasteiger partial charge in [-0.25, -0.2) is 4.79 Å². The zero-order chi connectivity index (χ0) is 12.2. The van der Waals surface area contributed by atoms with E-state index in [9.17, 15) is 9.59 Å². The maximum atomic E-state index is 11.4.